The Balaban J connectivity index is 1.86. The number of benzene rings is 1. The summed E-state index contributed by atoms with van der Waals surface area (Å²) in [5, 5.41) is 2.91. The predicted molar refractivity (Wildman–Crippen MR) is 113 cm³/mol. The summed E-state index contributed by atoms with van der Waals surface area (Å²) in [5.74, 6) is 1.31. The zero-order chi connectivity index (χ0) is 21.5. The van der Waals surface area contributed by atoms with Crippen LogP contribution in [0.5, 0.6) is 17.2 Å². The van der Waals surface area contributed by atoms with E-state index in [0.29, 0.717) is 28.5 Å². The van der Waals surface area contributed by atoms with Crippen molar-refractivity contribution in [3.05, 3.63) is 66.1 Å². The number of methoxy groups -OCH3 is 3. The van der Waals surface area contributed by atoms with E-state index in [0.717, 1.165) is 0 Å². The van der Waals surface area contributed by atoms with Gasteiger partial charge in [-0.15, -0.1) is 0 Å². The highest BCUT2D eigenvalue weighted by Gasteiger charge is 2.20. The average molecular weight is 427 g/mol. The molecule has 0 bridgehead atoms. The number of nitrogens with one attached hydrogen (secondary N) is 1. The molecule has 0 radical (unpaired) electrons. The number of ether oxygens (including phenoxy) is 3. The first-order chi connectivity index (χ1) is 14.6. The van der Waals surface area contributed by atoms with Crippen LogP contribution < -0.4 is 19.5 Å². The van der Waals surface area contributed by atoms with E-state index >= 15 is 0 Å². The lowest BCUT2D eigenvalue weighted by Gasteiger charge is -2.13. The number of aromatic nitrogens is 2. The van der Waals surface area contributed by atoms with Gasteiger partial charge >= 0.3 is 0 Å². The lowest BCUT2D eigenvalue weighted by atomic mass is 10.2. The molecule has 1 atom stereocenters. The molecule has 8 nitrogen and oxygen atoms in total. The molecule has 0 aliphatic rings. The first-order valence-corrected chi connectivity index (χ1v) is 10.2. The maximum absolute atomic E-state index is 13.1. The fraction of sp³-hybridized carbons (Fsp3) is 0.190. The van der Waals surface area contributed by atoms with Crippen molar-refractivity contribution >= 4 is 22.4 Å². The summed E-state index contributed by atoms with van der Waals surface area (Å²) in [7, 11) is 2.99. The molecular weight excluding hydrogens is 406 g/mol. The van der Waals surface area contributed by atoms with Crippen LogP contribution in [0.15, 0.2) is 60.0 Å². The van der Waals surface area contributed by atoms with Gasteiger partial charge in [-0.1, -0.05) is 6.07 Å². The van der Waals surface area contributed by atoms with Crippen molar-refractivity contribution in [2.75, 3.05) is 26.6 Å². The number of hydrogen-bond donors (Lipinski definition) is 1. The topological polar surface area (TPSA) is 99.6 Å². The van der Waals surface area contributed by atoms with E-state index in [4.69, 9.17) is 14.2 Å². The summed E-state index contributed by atoms with van der Waals surface area (Å²) >= 11 is 0. The molecule has 1 N–H and O–H groups in total. The number of carbonyl (C=O) groups is 1. The summed E-state index contributed by atoms with van der Waals surface area (Å²) in [4.78, 5) is 21.0. The molecule has 0 aliphatic heterocycles. The monoisotopic (exact) mass is 427 g/mol. The minimum Gasteiger partial charge on any atom is -0.497 e. The van der Waals surface area contributed by atoms with E-state index in [1.165, 1.54) is 26.6 Å². The first-order valence-electron chi connectivity index (χ1n) is 8.91. The Morgan fingerprint density at radius 1 is 1.03 bits per heavy atom. The second-order valence-corrected chi connectivity index (χ2v) is 7.42. The van der Waals surface area contributed by atoms with Crippen LogP contribution in [0.4, 0.5) is 5.69 Å². The molecule has 2 aromatic heterocycles. The predicted octanol–water partition coefficient (Wildman–Crippen LogP) is 3.06. The third kappa shape index (κ3) is 4.74. The second kappa shape index (κ2) is 9.84. The van der Waals surface area contributed by atoms with E-state index in [9.17, 15) is 9.00 Å². The lowest BCUT2D eigenvalue weighted by molar-refractivity contribution is 0.102. The molecule has 1 amide bonds. The van der Waals surface area contributed by atoms with Gasteiger partial charge in [0.2, 0.25) is 0 Å². The maximum Gasteiger partial charge on any atom is 0.258 e. The molecule has 3 rings (SSSR count). The zero-order valence-corrected chi connectivity index (χ0v) is 17.6. The first kappa shape index (κ1) is 21.3. The van der Waals surface area contributed by atoms with Crippen molar-refractivity contribution in [1.82, 2.24) is 9.97 Å². The van der Waals surface area contributed by atoms with E-state index in [1.54, 1.807) is 49.7 Å². The number of anilines is 1. The van der Waals surface area contributed by atoms with Crippen molar-refractivity contribution in [3.63, 3.8) is 0 Å². The number of amides is 1. The van der Waals surface area contributed by atoms with Crippen molar-refractivity contribution in [1.29, 1.82) is 0 Å². The van der Waals surface area contributed by atoms with Crippen LogP contribution in [-0.2, 0) is 16.6 Å². The summed E-state index contributed by atoms with van der Waals surface area (Å²) in [6.45, 7) is 0. The Morgan fingerprint density at radius 2 is 1.83 bits per heavy atom. The van der Waals surface area contributed by atoms with E-state index in [2.05, 4.69) is 15.3 Å². The number of hydrogen-bond acceptors (Lipinski definition) is 7. The molecule has 156 valence electrons. The maximum atomic E-state index is 13.1. The van der Waals surface area contributed by atoms with Gasteiger partial charge in [0.1, 0.15) is 28.0 Å². The molecule has 1 aromatic carbocycles. The molecule has 1 unspecified atom stereocenters. The minimum atomic E-state index is -1.59. The van der Waals surface area contributed by atoms with Crippen molar-refractivity contribution in [2.45, 2.75) is 10.8 Å². The van der Waals surface area contributed by atoms with Crippen LogP contribution in [0.3, 0.4) is 0 Å². The molecule has 9 heteroatoms. The molecule has 0 saturated carbocycles. The van der Waals surface area contributed by atoms with Gasteiger partial charge in [-0.3, -0.25) is 14.0 Å². The molecule has 0 fully saturated rings. The molecule has 2 heterocycles. The van der Waals surface area contributed by atoms with Gasteiger partial charge in [-0.2, -0.15) is 0 Å². The fourth-order valence-corrected chi connectivity index (χ4v) is 4.01. The smallest absolute Gasteiger partial charge is 0.258 e. The third-order valence-corrected chi connectivity index (χ3v) is 5.59. The second-order valence-electron chi connectivity index (χ2n) is 6.05. The molecule has 30 heavy (non-hydrogen) atoms. The van der Waals surface area contributed by atoms with E-state index in [-0.39, 0.29) is 16.3 Å². The Kier molecular flexibility index (Phi) is 6.97. The lowest BCUT2D eigenvalue weighted by Crippen LogP contribution is -2.17. The highest BCUT2D eigenvalue weighted by molar-refractivity contribution is 7.84. The molecule has 0 saturated heterocycles. The van der Waals surface area contributed by atoms with Crippen LogP contribution in [0, 0.1) is 0 Å². The highest BCUT2D eigenvalue weighted by Crippen LogP contribution is 2.28. The van der Waals surface area contributed by atoms with Crippen molar-refractivity contribution in [3.8, 4) is 17.2 Å². The van der Waals surface area contributed by atoms with Crippen LogP contribution >= 0.6 is 0 Å². The van der Waals surface area contributed by atoms with Gasteiger partial charge in [0.15, 0.2) is 0 Å². The van der Waals surface area contributed by atoms with Gasteiger partial charge in [0.05, 0.1) is 49.6 Å². The standard InChI is InChI=1S/C21H21N3O5S/c1-27-15-7-6-14(19(11-15)29-3)13-30(26)21-16(5-4-9-23-21)20(25)24-17-12-22-10-8-18(17)28-2/h4-12H,13H2,1-3H3,(H,24,25). The molecule has 3 aromatic rings. The Bertz CT molecular complexity index is 1070. The summed E-state index contributed by atoms with van der Waals surface area (Å²) < 4.78 is 28.9. The number of pyridine rings is 2. The Morgan fingerprint density at radius 3 is 2.57 bits per heavy atom. The van der Waals surface area contributed by atoms with Crippen LogP contribution in [-0.4, -0.2) is 41.4 Å². The average Bonchev–Trinajstić information content (AvgIpc) is 2.79. The van der Waals surface area contributed by atoms with E-state index in [1.807, 2.05) is 0 Å². The Labute approximate surface area is 176 Å². The summed E-state index contributed by atoms with van der Waals surface area (Å²) in [6.07, 6.45) is 4.53. The largest absolute Gasteiger partial charge is 0.497 e. The van der Waals surface area contributed by atoms with Gasteiger partial charge in [-0.25, -0.2) is 4.98 Å². The van der Waals surface area contributed by atoms with Crippen molar-refractivity contribution in [2.24, 2.45) is 0 Å². The fourth-order valence-electron chi connectivity index (χ4n) is 2.77. The van der Waals surface area contributed by atoms with Gasteiger partial charge in [-0.05, 0) is 18.2 Å². The number of rotatable bonds is 8. The molecular formula is C21H21N3O5S. The minimum absolute atomic E-state index is 0.126. The SMILES string of the molecule is COc1ccc(CS(=O)c2ncccc2C(=O)Nc2cnccc2OC)c(OC)c1. The molecule has 0 spiro atoms. The third-order valence-electron chi connectivity index (χ3n) is 4.26. The highest BCUT2D eigenvalue weighted by atomic mass is 32.2. The zero-order valence-electron chi connectivity index (χ0n) is 16.7. The van der Waals surface area contributed by atoms with Crippen molar-refractivity contribution < 1.29 is 23.2 Å². The van der Waals surface area contributed by atoms with Crippen LogP contribution in [0.2, 0.25) is 0 Å². The Hall–Kier alpha value is -3.46. The summed E-state index contributed by atoms with van der Waals surface area (Å²) in [6, 6.07) is 10.1. The van der Waals surface area contributed by atoms with Crippen LogP contribution in [0.1, 0.15) is 15.9 Å². The van der Waals surface area contributed by atoms with Crippen LogP contribution in [0.25, 0.3) is 0 Å². The number of nitrogens with zero attached hydrogens (tertiary/aromatic N) is 2. The normalized spacial score (nSPS) is 11.4. The quantitative estimate of drug-likeness (QED) is 0.590. The van der Waals surface area contributed by atoms with Gasteiger partial charge in [0.25, 0.3) is 5.91 Å². The number of carbonyl (C=O) groups excluding carboxylic acids is 1. The van der Waals surface area contributed by atoms with E-state index < -0.39 is 16.7 Å². The molecule has 0 aliphatic carbocycles. The van der Waals surface area contributed by atoms with Gasteiger partial charge < -0.3 is 19.5 Å². The summed E-state index contributed by atoms with van der Waals surface area (Å²) in [5.41, 5.74) is 1.32. The van der Waals surface area contributed by atoms with Gasteiger partial charge in [0, 0.05) is 30.1 Å².